The Balaban J connectivity index is 2.93. The van der Waals surface area contributed by atoms with Crippen LogP contribution in [0.2, 0.25) is 0 Å². The molecule has 0 aliphatic rings. The molecule has 0 fully saturated rings. The van der Waals surface area contributed by atoms with Crippen LogP contribution in [0.5, 0.6) is 11.5 Å². The van der Waals surface area contributed by atoms with Gasteiger partial charge in [0.2, 0.25) is 0 Å². The first-order valence-electron chi connectivity index (χ1n) is 5.65. The van der Waals surface area contributed by atoms with E-state index in [0.717, 1.165) is 14.2 Å². The molecule has 2 aromatic rings. The van der Waals surface area contributed by atoms with Crippen molar-refractivity contribution in [2.75, 3.05) is 14.2 Å². The van der Waals surface area contributed by atoms with Gasteiger partial charge in [-0.3, -0.25) is 0 Å². The largest absolute Gasteiger partial charge is 0.508 e. The van der Waals surface area contributed by atoms with E-state index >= 15 is 0 Å². The molecule has 6 nitrogen and oxygen atoms in total. The minimum atomic E-state index is -0.867. The van der Waals surface area contributed by atoms with Gasteiger partial charge < -0.3 is 19.7 Å². The van der Waals surface area contributed by atoms with Gasteiger partial charge in [-0.15, -0.1) is 0 Å². The number of esters is 2. The summed E-state index contributed by atoms with van der Waals surface area (Å²) in [6, 6.07) is 5.54. The number of fused-ring (bicyclic) bond motifs is 1. The fourth-order valence-electron chi connectivity index (χ4n) is 1.99. The number of hydrogen-bond donors (Lipinski definition) is 2. The highest BCUT2D eigenvalue weighted by molar-refractivity contribution is 6.14. The topological polar surface area (TPSA) is 93.1 Å². The maximum Gasteiger partial charge on any atom is 0.342 e. The normalized spacial score (nSPS) is 10.3. The number of carbonyl (C=O) groups excluding carboxylic acids is 2. The minimum Gasteiger partial charge on any atom is -0.508 e. The quantitative estimate of drug-likeness (QED) is 0.813. The highest BCUT2D eigenvalue weighted by Gasteiger charge is 2.25. The van der Waals surface area contributed by atoms with Crippen LogP contribution in [-0.4, -0.2) is 36.4 Å². The highest BCUT2D eigenvalue weighted by atomic mass is 16.5. The Morgan fingerprint density at radius 2 is 1.55 bits per heavy atom. The summed E-state index contributed by atoms with van der Waals surface area (Å²) in [6.07, 6.45) is 0. The van der Waals surface area contributed by atoms with Crippen molar-refractivity contribution in [1.29, 1.82) is 0 Å². The van der Waals surface area contributed by atoms with Crippen molar-refractivity contribution in [2.45, 2.75) is 0 Å². The molecule has 104 valence electrons. The number of ether oxygens (including phenoxy) is 2. The lowest BCUT2D eigenvalue weighted by Gasteiger charge is -2.12. The molecule has 0 amide bonds. The predicted molar refractivity (Wildman–Crippen MR) is 70.0 cm³/mol. The average Bonchev–Trinajstić information content (AvgIpc) is 2.44. The summed E-state index contributed by atoms with van der Waals surface area (Å²) in [5.74, 6) is -2.15. The van der Waals surface area contributed by atoms with Crippen LogP contribution in [0.15, 0.2) is 24.3 Å². The van der Waals surface area contributed by atoms with Crippen LogP contribution in [0, 0.1) is 0 Å². The summed E-state index contributed by atoms with van der Waals surface area (Å²) < 4.78 is 9.20. The van der Waals surface area contributed by atoms with Crippen molar-refractivity contribution in [3.05, 3.63) is 35.4 Å². The molecule has 0 saturated carbocycles. The van der Waals surface area contributed by atoms with Crippen LogP contribution >= 0.6 is 0 Å². The standard InChI is InChI=1S/C14H12O6/c1-19-13(17)11-9-6-8(15)4-3-7(9)5-10(16)12(11)14(18)20-2/h3-6,15-16H,1-2H3. The second kappa shape index (κ2) is 5.08. The number of methoxy groups -OCH3 is 2. The number of rotatable bonds is 2. The summed E-state index contributed by atoms with van der Waals surface area (Å²) in [5.41, 5.74) is -0.442. The second-order valence-corrected chi connectivity index (χ2v) is 4.03. The minimum absolute atomic E-state index is 0.0795. The summed E-state index contributed by atoms with van der Waals surface area (Å²) in [7, 11) is 2.29. The van der Waals surface area contributed by atoms with E-state index in [-0.39, 0.29) is 22.3 Å². The maximum absolute atomic E-state index is 11.9. The van der Waals surface area contributed by atoms with Crippen LogP contribution in [-0.2, 0) is 9.47 Å². The Kier molecular flexibility index (Phi) is 3.47. The lowest BCUT2D eigenvalue weighted by atomic mass is 9.97. The summed E-state index contributed by atoms with van der Waals surface area (Å²) in [4.78, 5) is 23.7. The van der Waals surface area contributed by atoms with E-state index in [1.54, 1.807) is 0 Å². The highest BCUT2D eigenvalue weighted by Crippen LogP contribution is 2.33. The number of benzene rings is 2. The van der Waals surface area contributed by atoms with Gasteiger partial charge in [-0.2, -0.15) is 0 Å². The van der Waals surface area contributed by atoms with E-state index in [2.05, 4.69) is 9.47 Å². The van der Waals surface area contributed by atoms with E-state index < -0.39 is 17.7 Å². The monoisotopic (exact) mass is 276 g/mol. The van der Waals surface area contributed by atoms with E-state index in [1.165, 1.54) is 24.3 Å². The van der Waals surface area contributed by atoms with Crippen molar-refractivity contribution in [3.63, 3.8) is 0 Å². The smallest absolute Gasteiger partial charge is 0.342 e. The third-order valence-corrected chi connectivity index (χ3v) is 2.88. The Morgan fingerprint density at radius 1 is 0.950 bits per heavy atom. The van der Waals surface area contributed by atoms with Crippen LogP contribution in [0.1, 0.15) is 20.7 Å². The SMILES string of the molecule is COC(=O)c1c(O)cc2ccc(O)cc2c1C(=O)OC. The van der Waals surface area contributed by atoms with Gasteiger partial charge in [-0.1, -0.05) is 6.07 Å². The molecule has 0 radical (unpaired) electrons. The summed E-state index contributed by atoms with van der Waals surface area (Å²) in [6.45, 7) is 0. The van der Waals surface area contributed by atoms with E-state index in [4.69, 9.17) is 0 Å². The molecule has 6 heteroatoms. The number of phenols is 2. The zero-order valence-electron chi connectivity index (χ0n) is 10.8. The molecule has 0 atom stereocenters. The fourth-order valence-corrected chi connectivity index (χ4v) is 1.99. The van der Waals surface area contributed by atoms with Crippen molar-refractivity contribution >= 4 is 22.7 Å². The molecule has 0 spiro atoms. The zero-order chi connectivity index (χ0) is 14.9. The molecule has 0 unspecified atom stereocenters. The first-order valence-corrected chi connectivity index (χ1v) is 5.65. The van der Waals surface area contributed by atoms with Crippen LogP contribution in [0.4, 0.5) is 0 Å². The molecule has 0 aliphatic carbocycles. The molecule has 2 aromatic carbocycles. The number of phenolic OH excluding ortho intramolecular Hbond substituents is 2. The molecule has 20 heavy (non-hydrogen) atoms. The molecular formula is C14H12O6. The number of hydrogen-bond acceptors (Lipinski definition) is 6. The van der Waals surface area contributed by atoms with Crippen LogP contribution < -0.4 is 0 Å². The zero-order valence-corrected chi connectivity index (χ0v) is 10.8. The Morgan fingerprint density at radius 3 is 2.15 bits per heavy atom. The third kappa shape index (κ3) is 2.11. The van der Waals surface area contributed by atoms with Gasteiger partial charge in [0.15, 0.2) is 0 Å². The van der Waals surface area contributed by atoms with Crippen LogP contribution in [0.25, 0.3) is 10.8 Å². The Hall–Kier alpha value is -2.76. The van der Waals surface area contributed by atoms with Crippen molar-refractivity contribution in [1.82, 2.24) is 0 Å². The molecule has 0 bridgehead atoms. The molecule has 0 aliphatic heterocycles. The third-order valence-electron chi connectivity index (χ3n) is 2.88. The van der Waals surface area contributed by atoms with E-state index in [1.807, 2.05) is 0 Å². The van der Waals surface area contributed by atoms with Crippen molar-refractivity contribution < 1.29 is 29.3 Å². The summed E-state index contributed by atoms with van der Waals surface area (Å²) >= 11 is 0. The van der Waals surface area contributed by atoms with Crippen LogP contribution in [0.3, 0.4) is 0 Å². The lowest BCUT2D eigenvalue weighted by molar-refractivity contribution is 0.0554. The molecule has 2 N–H and O–H groups in total. The predicted octanol–water partition coefficient (Wildman–Crippen LogP) is 1.82. The lowest BCUT2D eigenvalue weighted by Crippen LogP contribution is -2.12. The van der Waals surface area contributed by atoms with Crippen molar-refractivity contribution in [3.8, 4) is 11.5 Å². The van der Waals surface area contributed by atoms with Gasteiger partial charge in [0.05, 0.1) is 19.8 Å². The Bertz CT molecular complexity index is 704. The van der Waals surface area contributed by atoms with E-state index in [0.29, 0.717) is 5.39 Å². The summed E-state index contributed by atoms with van der Waals surface area (Å²) in [5, 5.41) is 20.2. The number of carbonyl (C=O) groups is 2. The second-order valence-electron chi connectivity index (χ2n) is 4.03. The fraction of sp³-hybridized carbons (Fsp3) is 0.143. The maximum atomic E-state index is 11.9. The van der Waals surface area contributed by atoms with E-state index in [9.17, 15) is 19.8 Å². The molecule has 0 heterocycles. The molecule has 0 aromatic heterocycles. The van der Waals surface area contributed by atoms with Gasteiger partial charge in [0, 0.05) is 5.39 Å². The van der Waals surface area contributed by atoms with Gasteiger partial charge in [-0.25, -0.2) is 9.59 Å². The molecular weight excluding hydrogens is 264 g/mol. The first kappa shape index (κ1) is 13.7. The molecule has 2 rings (SSSR count). The van der Waals surface area contributed by atoms with Gasteiger partial charge >= 0.3 is 11.9 Å². The van der Waals surface area contributed by atoms with Gasteiger partial charge in [0.25, 0.3) is 0 Å². The molecule has 0 saturated heterocycles. The average molecular weight is 276 g/mol. The first-order chi connectivity index (χ1) is 9.49. The van der Waals surface area contributed by atoms with Gasteiger partial charge in [-0.05, 0) is 23.6 Å². The number of aromatic hydroxyl groups is 2. The van der Waals surface area contributed by atoms with Crippen molar-refractivity contribution in [2.24, 2.45) is 0 Å². The Labute approximate surface area is 114 Å². The van der Waals surface area contributed by atoms with Gasteiger partial charge in [0.1, 0.15) is 17.1 Å².